The van der Waals surface area contributed by atoms with E-state index < -0.39 is 0 Å². The molecule has 2 unspecified atom stereocenters. The van der Waals surface area contributed by atoms with E-state index in [4.69, 9.17) is 16.2 Å². The Labute approximate surface area is 67.5 Å². The molecule has 0 spiro atoms. The molecule has 1 aliphatic carbocycles. The Balaban J connectivity index is 0.000000810. The minimum atomic E-state index is 0. The summed E-state index contributed by atoms with van der Waals surface area (Å²) in [5.41, 5.74) is 11.3. The zero-order valence-electron chi connectivity index (χ0n) is 6.12. The van der Waals surface area contributed by atoms with E-state index >= 15 is 0 Å². The minimum Gasteiger partial charge on any atom is -0.381 e. The summed E-state index contributed by atoms with van der Waals surface area (Å²) in [6, 6.07) is 0.296. The van der Waals surface area contributed by atoms with Gasteiger partial charge in [0.2, 0.25) is 0 Å². The number of nitrogens with two attached hydrogens (primary N) is 2. The van der Waals surface area contributed by atoms with Crippen LogP contribution in [0.1, 0.15) is 12.8 Å². The summed E-state index contributed by atoms with van der Waals surface area (Å²) in [4.78, 5) is 0. The van der Waals surface area contributed by atoms with E-state index in [-0.39, 0.29) is 24.5 Å². The highest BCUT2D eigenvalue weighted by Crippen LogP contribution is 2.18. The highest BCUT2D eigenvalue weighted by Gasteiger charge is 2.28. The third-order valence-corrected chi connectivity index (χ3v) is 1.95. The summed E-state index contributed by atoms with van der Waals surface area (Å²) < 4.78 is 5.09. The van der Waals surface area contributed by atoms with Crippen LogP contribution in [0, 0.1) is 0 Å². The molecule has 0 amide bonds. The topological polar surface area (TPSA) is 61.3 Å². The summed E-state index contributed by atoms with van der Waals surface area (Å²) in [5.74, 6) is 0. The van der Waals surface area contributed by atoms with Crippen molar-refractivity contribution in [2.45, 2.75) is 31.0 Å². The van der Waals surface area contributed by atoms with Crippen molar-refractivity contribution in [2.24, 2.45) is 11.5 Å². The smallest absolute Gasteiger partial charge is 0.0602 e. The van der Waals surface area contributed by atoms with Gasteiger partial charge in [0, 0.05) is 19.2 Å². The van der Waals surface area contributed by atoms with Gasteiger partial charge >= 0.3 is 0 Å². The molecule has 0 aromatic carbocycles. The second kappa shape index (κ2) is 4.13. The Bertz CT molecular complexity index is 91.7. The van der Waals surface area contributed by atoms with E-state index in [1.54, 1.807) is 7.11 Å². The molecule has 3 nitrogen and oxygen atoms in total. The van der Waals surface area contributed by atoms with Gasteiger partial charge in [0.1, 0.15) is 0 Å². The molecule has 0 bridgehead atoms. The number of rotatable bonds is 1. The normalized spacial score (nSPS) is 39.3. The lowest BCUT2D eigenvalue weighted by Crippen LogP contribution is -2.35. The third kappa shape index (κ3) is 2.09. The zero-order valence-corrected chi connectivity index (χ0v) is 6.93. The quantitative estimate of drug-likeness (QED) is 0.571. The zero-order chi connectivity index (χ0) is 6.85. The Morgan fingerprint density at radius 3 is 1.80 bits per heavy atom. The number of ether oxygens (including phenoxy) is 1. The monoisotopic (exact) mass is 166 g/mol. The van der Waals surface area contributed by atoms with Crippen molar-refractivity contribution < 1.29 is 4.74 Å². The van der Waals surface area contributed by atoms with E-state index in [1.807, 2.05) is 0 Å². The minimum absolute atomic E-state index is 0. The van der Waals surface area contributed by atoms with Gasteiger partial charge in [-0.3, -0.25) is 0 Å². The van der Waals surface area contributed by atoms with Gasteiger partial charge in [-0.1, -0.05) is 0 Å². The fraction of sp³-hybridized carbons (Fsp3) is 1.00. The molecule has 1 fully saturated rings. The predicted molar refractivity (Wildman–Crippen MR) is 43.2 cm³/mol. The van der Waals surface area contributed by atoms with Crippen LogP contribution in [-0.4, -0.2) is 25.3 Å². The van der Waals surface area contributed by atoms with Crippen LogP contribution in [0.3, 0.4) is 0 Å². The molecule has 0 heterocycles. The van der Waals surface area contributed by atoms with Gasteiger partial charge in [-0.2, -0.15) is 0 Å². The maximum Gasteiger partial charge on any atom is 0.0602 e. The first-order valence-electron chi connectivity index (χ1n) is 3.28. The van der Waals surface area contributed by atoms with E-state index in [1.165, 1.54) is 0 Å². The molecule has 3 atom stereocenters. The average Bonchev–Trinajstić information content (AvgIpc) is 2.13. The van der Waals surface area contributed by atoms with Crippen molar-refractivity contribution in [2.75, 3.05) is 7.11 Å². The van der Waals surface area contributed by atoms with E-state index in [0.29, 0.717) is 6.10 Å². The van der Waals surface area contributed by atoms with Crippen LogP contribution >= 0.6 is 12.4 Å². The molecule has 1 aliphatic rings. The maximum atomic E-state index is 5.64. The van der Waals surface area contributed by atoms with Gasteiger partial charge in [-0.05, 0) is 12.8 Å². The number of hydrogen-bond acceptors (Lipinski definition) is 3. The first-order valence-corrected chi connectivity index (χ1v) is 3.28. The SMILES string of the molecule is COC1CC(N)[C@H](N)C1.Cl. The molecular formula is C6H15ClN2O. The molecule has 0 aromatic heterocycles. The van der Waals surface area contributed by atoms with Crippen LogP contribution in [0.4, 0.5) is 0 Å². The predicted octanol–water partition coefficient (Wildman–Crippen LogP) is -0.128. The third-order valence-electron chi connectivity index (χ3n) is 1.95. The summed E-state index contributed by atoms with van der Waals surface area (Å²) in [6.07, 6.45) is 2.13. The number of methoxy groups -OCH3 is 1. The molecule has 62 valence electrons. The summed E-state index contributed by atoms with van der Waals surface area (Å²) >= 11 is 0. The fourth-order valence-corrected chi connectivity index (χ4v) is 1.25. The van der Waals surface area contributed by atoms with Crippen molar-refractivity contribution >= 4 is 12.4 Å². The van der Waals surface area contributed by atoms with Gasteiger partial charge in [0.05, 0.1) is 6.10 Å². The molecule has 0 aliphatic heterocycles. The van der Waals surface area contributed by atoms with E-state index in [2.05, 4.69) is 0 Å². The van der Waals surface area contributed by atoms with Crippen LogP contribution in [0.25, 0.3) is 0 Å². The second-order valence-corrected chi connectivity index (χ2v) is 2.66. The summed E-state index contributed by atoms with van der Waals surface area (Å²) in [5, 5.41) is 0. The Kier molecular flexibility index (Phi) is 4.20. The lowest BCUT2D eigenvalue weighted by molar-refractivity contribution is 0.107. The Hall–Kier alpha value is 0.170. The maximum absolute atomic E-state index is 5.64. The molecule has 4 N–H and O–H groups in total. The Morgan fingerprint density at radius 2 is 1.60 bits per heavy atom. The van der Waals surface area contributed by atoms with Crippen molar-refractivity contribution in [1.82, 2.24) is 0 Å². The van der Waals surface area contributed by atoms with Crippen LogP contribution < -0.4 is 11.5 Å². The fourth-order valence-electron chi connectivity index (χ4n) is 1.25. The van der Waals surface area contributed by atoms with Crippen LogP contribution in [0.15, 0.2) is 0 Å². The molecule has 0 saturated heterocycles. The molecule has 10 heavy (non-hydrogen) atoms. The molecule has 0 aromatic rings. The lowest BCUT2D eigenvalue weighted by atomic mass is 10.2. The van der Waals surface area contributed by atoms with Crippen LogP contribution in [-0.2, 0) is 4.74 Å². The van der Waals surface area contributed by atoms with E-state index in [9.17, 15) is 0 Å². The van der Waals surface area contributed by atoms with Crippen molar-refractivity contribution in [3.8, 4) is 0 Å². The lowest BCUT2D eigenvalue weighted by Gasteiger charge is -2.05. The van der Waals surface area contributed by atoms with Crippen molar-refractivity contribution in [3.05, 3.63) is 0 Å². The molecule has 0 radical (unpaired) electrons. The van der Waals surface area contributed by atoms with Crippen LogP contribution in [0.5, 0.6) is 0 Å². The van der Waals surface area contributed by atoms with E-state index in [0.717, 1.165) is 12.8 Å². The first-order chi connectivity index (χ1) is 4.24. The largest absolute Gasteiger partial charge is 0.381 e. The van der Waals surface area contributed by atoms with Gasteiger partial charge in [0.15, 0.2) is 0 Å². The average molecular weight is 167 g/mol. The van der Waals surface area contributed by atoms with Crippen molar-refractivity contribution in [3.63, 3.8) is 0 Å². The highest BCUT2D eigenvalue weighted by atomic mass is 35.5. The summed E-state index contributed by atoms with van der Waals surface area (Å²) in [6.45, 7) is 0. The van der Waals surface area contributed by atoms with Gasteiger partial charge in [0.25, 0.3) is 0 Å². The van der Waals surface area contributed by atoms with Gasteiger partial charge < -0.3 is 16.2 Å². The molecule has 1 rings (SSSR count). The number of hydrogen-bond donors (Lipinski definition) is 2. The summed E-state index contributed by atoms with van der Waals surface area (Å²) in [7, 11) is 1.70. The highest BCUT2D eigenvalue weighted by molar-refractivity contribution is 5.85. The van der Waals surface area contributed by atoms with Crippen LogP contribution in [0.2, 0.25) is 0 Å². The molecule has 1 saturated carbocycles. The number of halogens is 1. The molecule has 4 heteroatoms. The standard InChI is InChI=1S/C6H14N2O.ClH/c1-9-4-2-5(7)6(8)3-4;/h4-6H,2-3,7-8H2,1H3;1H/t4?,5-,6?;/m1./s1. The Morgan fingerprint density at radius 1 is 1.20 bits per heavy atom. The molecular weight excluding hydrogens is 152 g/mol. The van der Waals surface area contributed by atoms with Gasteiger partial charge in [-0.15, -0.1) is 12.4 Å². The first kappa shape index (κ1) is 10.2. The van der Waals surface area contributed by atoms with Gasteiger partial charge in [-0.25, -0.2) is 0 Å². The van der Waals surface area contributed by atoms with Crippen molar-refractivity contribution in [1.29, 1.82) is 0 Å². The second-order valence-electron chi connectivity index (χ2n) is 2.66.